The summed E-state index contributed by atoms with van der Waals surface area (Å²) in [6.45, 7) is 5.49. The average Bonchev–Trinajstić information content (AvgIpc) is 2.77. The van der Waals surface area contributed by atoms with E-state index in [2.05, 4.69) is 48.3 Å². The lowest BCUT2D eigenvalue weighted by molar-refractivity contribution is 0.126. The number of benzene rings is 1. The van der Waals surface area contributed by atoms with E-state index in [0.29, 0.717) is 18.1 Å². The highest BCUT2D eigenvalue weighted by atomic mass is 16.3. The monoisotopic (exact) mass is 288 g/mol. The Morgan fingerprint density at radius 3 is 2.38 bits per heavy atom. The summed E-state index contributed by atoms with van der Waals surface area (Å²) in [5, 5.41) is 13.5. The third-order valence-corrected chi connectivity index (χ3v) is 5.10. The van der Waals surface area contributed by atoms with Crippen LogP contribution in [0.15, 0.2) is 24.3 Å². The number of fused-ring (bicyclic) bond motifs is 2. The second kappa shape index (κ2) is 6.37. The number of aliphatic hydroxyl groups is 1. The molecular weight excluding hydrogens is 260 g/mol. The van der Waals surface area contributed by atoms with Crippen LogP contribution in [0.1, 0.15) is 57.6 Å². The fraction of sp³-hybridized carbons (Fsp3) is 0.667. The molecule has 3 heteroatoms. The maximum atomic E-state index is 9.92. The van der Waals surface area contributed by atoms with Gasteiger partial charge in [0.05, 0.1) is 6.10 Å². The van der Waals surface area contributed by atoms with E-state index in [1.807, 2.05) is 0 Å². The van der Waals surface area contributed by atoms with Gasteiger partial charge in [0.1, 0.15) is 0 Å². The van der Waals surface area contributed by atoms with Gasteiger partial charge in [-0.05, 0) is 63.3 Å². The summed E-state index contributed by atoms with van der Waals surface area (Å²) in [7, 11) is 0. The maximum Gasteiger partial charge on any atom is 0.0579 e. The Morgan fingerprint density at radius 2 is 1.81 bits per heavy atom. The van der Waals surface area contributed by atoms with Crippen LogP contribution in [0.25, 0.3) is 0 Å². The molecule has 2 aliphatic rings. The largest absolute Gasteiger partial charge is 0.393 e. The SMILES string of the molecule is CCCNC(C)c1ccc(N2C3CCC2CC(O)C3)cc1. The summed E-state index contributed by atoms with van der Waals surface area (Å²) in [5.74, 6) is 0. The third-order valence-electron chi connectivity index (χ3n) is 5.10. The Morgan fingerprint density at radius 1 is 1.19 bits per heavy atom. The van der Waals surface area contributed by atoms with Crippen molar-refractivity contribution in [2.24, 2.45) is 0 Å². The first-order chi connectivity index (χ1) is 10.2. The van der Waals surface area contributed by atoms with Crippen LogP contribution in [0.3, 0.4) is 0 Å². The fourth-order valence-corrected chi connectivity index (χ4v) is 3.98. The number of hydrogen-bond acceptors (Lipinski definition) is 3. The highest BCUT2D eigenvalue weighted by Gasteiger charge is 2.40. The quantitative estimate of drug-likeness (QED) is 0.873. The Labute approximate surface area is 128 Å². The number of rotatable bonds is 5. The lowest BCUT2D eigenvalue weighted by Crippen LogP contribution is -2.44. The van der Waals surface area contributed by atoms with Gasteiger partial charge in [0.15, 0.2) is 0 Å². The second-order valence-electron chi connectivity index (χ2n) is 6.68. The van der Waals surface area contributed by atoms with Gasteiger partial charge in [0.25, 0.3) is 0 Å². The summed E-state index contributed by atoms with van der Waals surface area (Å²) in [6, 6.07) is 10.5. The molecule has 0 radical (unpaired) electrons. The Balaban J connectivity index is 1.70. The molecule has 0 amide bonds. The predicted molar refractivity (Wildman–Crippen MR) is 87.7 cm³/mol. The molecule has 2 heterocycles. The third kappa shape index (κ3) is 3.09. The van der Waals surface area contributed by atoms with Crippen molar-refractivity contribution in [2.75, 3.05) is 11.4 Å². The smallest absolute Gasteiger partial charge is 0.0579 e. The molecule has 3 atom stereocenters. The Bertz CT molecular complexity index is 445. The van der Waals surface area contributed by atoms with Crippen LogP contribution in [0, 0.1) is 0 Å². The van der Waals surface area contributed by atoms with Crippen LogP contribution < -0.4 is 10.2 Å². The normalized spacial score (nSPS) is 29.7. The number of piperidine rings is 1. The molecule has 0 saturated carbocycles. The van der Waals surface area contributed by atoms with Crippen molar-refractivity contribution in [3.8, 4) is 0 Å². The minimum absolute atomic E-state index is 0.0868. The van der Waals surface area contributed by atoms with E-state index in [0.717, 1.165) is 19.4 Å². The molecule has 2 saturated heterocycles. The number of nitrogens with zero attached hydrogens (tertiary/aromatic N) is 1. The van der Waals surface area contributed by atoms with Crippen LogP contribution in [-0.2, 0) is 0 Å². The van der Waals surface area contributed by atoms with Gasteiger partial charge < -0.3 is 15.3 Å². The molecule has 116 valence electrons. The number of aliphatic hydroxyl groups excluding tert-OH is 1. The highest BCUT2D eigenvalue weighted by molar-refractivity contribution is 5.51. The molecule has 2 aliphatic heterocycles. The van der Waals surface area contributed by atoms with Crippen molar-refractivity contribution in [3.05, 3.63) is 29.8 Å². The minimum Gasteiger partial charge on any atom is -0.393 e. The van der Waals surface area contributed by atoms with Crippen molar-refractivity contribution >= 4 is 5.69 Å². The van der Waals surface area contributed by atoms with Crippen molar-refractivity contribution in [3.63, 3.8) is 0 Å². The molecule has 0 spiro atoms. The van der Waals surface area contributed by atoms with E-state index >= 15 is 0 Å². The minimum atomic E-state index is -0.0868. The van der Waals surface area contributed by atoms with E-state index in [1.54, 1.807) is 0 Å². The zero-order valence-electron chi connectivity index (χ0n) is 13.3. The van der Waals surface area contributed by atoms with Gasteiger partial charge in [-0.1, -0.05) is 19.1 Å². The fourth-order valence-electron chi connectivity index (χ4n) is 3.98. The summed E-state index contributed by atoms with van der Waals surface area (Å²) < 4.78 is 0. The second-order valence-corrected chi connectivity index (χ2v) is 6.68. The first kappa shape index (κ1) is 14.9. The van der Waals surface area contributed by atoms with E-state index < -0.39 is 0 Å². The van der Waals surface area contributed by atoms with Gasteiger partial charge in [-0.3, -0.25) is 0 Å². The van der Waals surface area contributed by atoms with E-state index in [4.69, 9.17) is 0 Å². The van der Waals surface area contributed by atoms with Gasteiger partial charge >= 0.3 is 0 Å². The molecule has 2 bridgehead atoms. The van der Waals surface area contributed by atoms with E-state index in [9.17, 15) is 5.11 Å². The molecule has 1 aromatic carbocycles. The van der Waals surface area contributed by atoms with Gasteiger partial charge in [0.2, 0.25) is 0 Å². The van der Waals surface area contributed by atoms with Crippen LogP contribution in [0.2, 0.25) is 0 Å². The predicted octanol–water partition coefficient (Wildman–Crippen LogP) is 3.24. The summed E-state index contributed by atoms with van der Waals surface area (Å²) in [4.78, 5) is 2.56. The van der Waals surface area contributed by atoms with E-state index in [-0.39, 0.29) is 6.10 Å². The van der Waals surface area contributed by atoms with Crippen LogP contribution in [0.4, 0.5) is 5.69 Å². The first-order valence-electron chi connectivity index (χ1n) is 8.48. The highest BCUT2D eigenvalue weighted by Crippen LogP contribution is 2.39. The first-order valence-corrected chi connectivity index (χ1v) is 8.48. The molecule has 1 aromatic rings. The number of hydrogen-bond donors (Lipinski definition) is 2. The maximum absolute atomic E-state index is 9.92. The van der Waals surface area contributed by atoms with Crippen LogP contribution >= 0.6 is 0 Å². The zero-order chi connectivity index (χ0) is 14.8. The van der Waals surface area contributed by atoms with Crippen molar-refractivity contribution < 1.29 is 5.11 Å². The van der Waals surface area contributed by atoms with Gasteiger partial charge in [-0.2, -0.15) is 0 Å². The Kier molecular flexibility index (Phi) is 4.51. The topological polar surface area (TPSA) is 35.5 Å². The average molecular weight is 288 g/mol. The molecule has 3 rings (SSSR count). The van der Waals surface area contributed by atoms with E-state index in [1.165, 1.54) is 30.5 Å². The Hall–Kier alpha value is -1.06. The lowest BCUT2D eigenvalue weighted by atomic mass is 9.98. The van der Waals surface area contributed by atoms with Gasteiger partial charge in [-0.25, -0.2) is 0 Å². The van der Waals surface area contributed by atoms with Gasteiger partial charge in [-0.15, -0.1) is 0 Å². The number of nitrogens with one attached hydrogen (secondary N) is 1. The summed E-state index contributed by atoms with van der Waals surface area (Å²) >= 11 is 0. The summed E-state index contributed by atoms with van der Waals surface area (Å²) in [5.41, 5.74) is 2.69. The standard InChI is InChI=1S/C18H28N2O/c1-3-10-19-13(2)14-4-6-15(7-5-14)20-16-8-9-17(20)12-18(21)11-16/h4-7,13,16-19,21H,3,8-12H2,1-2H3. The molecular formula is C18H28N2O. The molecule has 21 heavy (non-hydrogen) atoms. The van der Waals surface area contributed by atoms with Crippen molar-refractivity contribution in [2.45, 2.75) is 70.2 Å². The lowest BCUT2D eigenvalue weighted by Gasteiger charge is -2.39. The summed E-state index contributed by atoms with van der Waals surface area (Å²) in [6.07, 6.45) is 5.42. The number of anilines is 1. The van der Waals surface area contributed by atoms with Crippen LogP contribution in [0.5, 0.6) is 0 Å². The van der Waals surface area contributed by atoms with Crippen LogP contribution in [-0.4, -0.2) is 29.8 Å². The molecule has 0 aliphatic carbocycles. The molecule has 0 aromatic heterocycles. The zero-order valence-corrected chi connectivity index (χ0v) is 13.3. The van der Waals surface area contributed by atoms with Gasteiger partial charge in [0, 0.05) is 23.8 Å². The molecule has 3 nitrogen and oxygen atoms in total. The molecule has 2 N–H and O–H groups in total. The molecule has 2 fully saturated rings. The van der Waals surface area contributed by atoms with Crippen molar-refractivity contribution in [1.29, 1.82) is 0 Å². The molecule has 3 unspecified atom stereocenters. The van der Waals surface area contributed by atoms with Crippen molar-refractivity contribution in [1.82, 2.24) is 5.32 Å².